The van der Waals surface area contributed by atoms with E-state index in [4.69, 9.17) is 0 Å². The van der Waals surface area contributed by atoms with Crippen LogP contribution in [0.1, 0.15) is 41.4 Å². The lowest BCUT2D eigenvalue weighted by Gasteiger charge is -2.09. The van der Waals surface area contributed by atoms with Gasteiger partial charge in [0.1, 0.15) is 0 Å². The van der Waals surface area contributed by atoms with Gasteiger partial charge in [-0.05, 0) is 49.6 Å². The lowest BCUT2D eigenvalue weighted by Crippen LogP contribution is -2.12. The number of carbonyl (C=O) groups is 1. The van der Waals surface area contributed by atoms with Crippen LogP contribution in [0.5, 0.6) is 0 Å². The molecule has 3 rings (SSSR count). The van der Waals surface area contributed by atoms with Crippen LogP contribution in [0, 0.1) is 6.92 Å². The summed E-state index contributed by atoms with van der Waals surface area (Å²) in [4.78, 5) is 17.1. The third kappa shape index (κ3) is 3.62. The molecule has 0 saturated carbocycles. The Kier molecular flexibility index (Phi) is 4.90. The zero-order chi connectivity index (χ0) is 16.9. The van der Waals surface area contributed by atoms with E-state index in [1.54, 1.807) is 0 Å². The van der Waals surface area contributed by atoms with Crippen LogP contribution in [-0.4, -0.2) is 10.9 Å². The molecule has 0 fully saturated rings. The van der Waals surface area contributed by atoms with Crippen LogP contribution in [0.15, 0.2) is 54.6 Å². The predicted molar refractivity (Wildman–Crippen MR) is 99.5 cm³/mol. The van der Waals surface area contributed by atoms with Gasteiger partial charge in [-0.3, -0.25) is 9.78 Å². The second-order valence-corrected chi connectivity index (χ2v) is 6.08. The molecule has 1 N–H and O–H groups in total. The molecule has 0 aliphatic rings. The first-order valence-corrected chi connectivity index (χ1v) is 8.44. The standard InChI is InChI=1S/C21H22N2O/c1-3-4-6-16-10-13-18(14-11-16)21(24)23-19-8-5-7-17-12-9-15(2)22-20(17)19/h5,7-14H,3-4,6H2,1-2H3,(H,23,24). The van der Waals surface area contributed by atoms with Gasteiger partial charge in [0, 0.05) is 16.6 Å². The number of hydrogen-bond donors (Lipinski definition) is 1. The monoisotopic (exact) mass is 318 g/mol. The Morgan fingerprint density at radius 1 is 1.04 bits per heavy atom. The number of aromatic nitrogens is 1. The number of para-hydroxylation sites is 1. The van der Waals surface area contributed by atoms with E-state index in [0.717, 1.165) is 28.7 Å². The van der Waals surface area contributed by atoms with Crippen LogP contribution in [0.3, 0.4) is 0 Å². The lowest BCUT2D eigenvalue weighted by molar-refractivity contribution is 0.102. The van der Waals surface area contributed by atoms with Crippen molar-refractivity contribution >= 4 is 22.5 Å². The van der Waals surface area contributed by atoms with E-state index in [9.17, 15) is 4.79 Å². The molecule has 0 aliphatic carbocycles. The van der Waals surface area contributed by atoms with Crippen LogP contribution in [-0.2, 0) is 6.42 Å². The molecule has 0 radical (unpaired) electrons. The van der Waals surface area contributed by atoms with Crippen molar-refractivity contribution in [2.75, 3.05) is 5.32 Å². The van der Waals surface area contributed by atoms with E-state index in [0.29, 0.717) is 5.56 Å². The Balaban J connectivity index is 1.81. The van der Waals surface area contributed by atoms with Crippen LogP contribution in [0.25, 0.3) is 10.9 Å². The largest absolute Gasteiger partial charge is 0.320 e. The van der Waals surface area contributed by atoms with Crippen molar-refractivity contribution in [1.82, 2.24) is 4.98 Å². The Labute approximate surface area is 142 Å². The number of amides is 1. The molecule has 3 aromatic rings. The fraction of sp³-hybridized carbons (Fsp3) is 0.238. The van der Waals surface area contributed by atoms with Crippen molar-refractivity contribution in [3.05, 3.63) is 71.4 Å². The number of anilines is 1. The highest BCUT2D eigenvalue weighted by Crippen LogP contribution is 2.22. The SMILES string of the molecule is CCCCc1ccc(C(=O)Nc2cccc3ccc(C)nc23)cc1. The van der Waals surface area contributed by atoms with Crippen molar-refractivity contribution in [3.63, 3.8) is 0 Å². The minimum atomic E-state index is -0.104. The second-order valence-electron chi connectivity index (χ2n) is 6.08. The maximum Gasteiger partial charge on any atom is 0.255 e. The van der Waals surface area contributed by atoms with Crippen LogP contribution >= 0.6 is 0 Å². The van der Waals surface area contributed by atoms with Gasteiger partial charge in [0.25, 0.3) is 5.91 Å². The summed E-state index contributed by atoms with van der Waals surface area (Å²) < 4.78 is 0. The summed E-state index contributed by atoms with van der Waals surface area (Å²) in [5.74, 6) is -0.104. The van der Waals surface area contributed by atoms with Gasteiger partial charge in [-0.2, -0.15) is 0 Å². The highest BCUT2D eigenvalue weighted by molar-refractivity contribution is 6.08. The molecule has 122 valence electrons. The van der Waals surface area contributed by atoms with Gasteiger partial charge in [0.15, 0.2) is 0 Å². The molecule has 0 unspecified atom stereocenters. The topological polar surface area (TPSA) is 42.0 Å². The first kappa shape index (κ1) is 16.2. The fourth-order valence-electron chi connectivity index (χ4n) is 2.74. The third-order valence-electron chi connectivity index (χ3n) is 4.14. The van der Waals surface area contributed by atoms with E-state index >= 15 is 0 Å². The van der Waals surface area contributed by atoms with Crippen molar-refractivity contribution in [2.24, 2.45) is 0 Å². The number of nitrogens with zero attached hydrogens (tertiary/aromatic N) is 1. The number of aryl methyl sites for hydroxylation is 2. The van der Waals surface area contributed by atoms with Crippen LogP contribution < -0.4 is 5.32 Å². The summed E-state index contributed by atoms with van der Waals surface area (Å²) in [5.41, 5.74) is 4.45. The molecule has 24 heavy (non-hydrogen) atoms. The molecule has 0 bridgehead atoms. The molecule has 0 aliphatic heterocycles. The van der Waals surface area contributed by atoms with Crippen molar-refractivity contribution < 1.29 is 4.79 Å². The average molecular weight is 318 g/mol. The quantitative estimate of drug-likeness (QED) is 0.708. The fourth-order valence-corrected chi connectivity index (χ4v) is 2.74. The molecule has 0 saturated heterocycles. The summed E-state index contributed by atoms with van der Waals surface area (Å²) in [5, 5.41) is 4.01. The third-order valence-corrected chi connectivity index (χ3v) is 4.14. The summed E-state index contributed by atoms with van der Waals surface area (Å²) in [6.45, 7) is 4.13. The van der Waals surface area contributed by atoms with Crippen LogP contribution in [0.4, 0.5) is 5.69 Å². The van der Waals surface area contributed by atoms with Crippen molar-refractivity contribution in [3.8, 4) is 0 Å². The van der Waals surface area contributed by atoms with E-state index in [1.165, 1.54) is 18.4 Å². The first-order chi connectivity index (χ1) is 11.7. The number of pyridine rings is 1. The Hall–Kier alpha value is -2.68. The molecular weight excluding hydrogens is 296 g/mol. The number of carbonyl (C=O) groups excluding carboxylic acids is 1. The Bertz CT molecular complexity index is 853. The smallest absolute Gasteiger partial charge is 0.255 e. The molecule has 0 atom stereocenters. The molecule has 0 spiro atoms. The van der Waals surface area contributed by atoms with Gasteiger partial charge in [-0.1, -0.05) is 43.7 Å². The number of hydrogen-bond acceptors (Lipinski definition) is 2. The molecule has 1 aromatic heterocycles. The number of unbranched alkanes of at least 4 members (excludes halogenated alkanes) is 1. The molecule has 2 aromatic carbocycles. The number of rotatable bonds is 5. The molecule has 1 amide bonds. The van der Waals surface area contributed by atoms with E-state index in [1.807, 2.05) is 61.5 Å². The van der Waals surface area contributed by atoms with Crippen molar-refractivity contribution in [2.45, 2.75) is 33.1 Å². The summed E-state index contributed by atoms with van der Waals surface area (Å²) in [6, 6.07) is 17.7. The predicted octanol–water partition coefficient (Wildman–Crippen LogP) is 5.14. The van der Waals surface area contributed by atoms with Gasteiger partial charge in [-0.15, -0.1) is 0 Å². The van der Waals surface area contributed by atoms with Gasteiger partial charge in [0.2, 0.25) is 0 Å². The average Bonchev–Trinajstić information content (AvgIpc) is 2.61. The zero-order valence-electron chi connectivity index (χ0n) is 14.2. The highest BCUT2D eigenvalue weighted by Gasteiger charge is 2.09. The van der Waals surface area contributed by atoms with E-state index < -0.39 is 0 Å². The van der Waals surface area contributed by atoms with Crippen LogP contribution in [0.2, 0.25) is 0 Å². The minimum Gasteiger partial charge on any atom is -0.320 e. The highest BCUT2D eigenvalue weighted by atomic mass is 16.1. The Morgan fingerprint density at radius 3 is 2.58 bits per heavy atom. The Morgan fingerprint density at radius 2 is 1.83 bits per heavy atom. The molecule has 3 nitrogen and oxygen atoms in total. The first-order valence-electron chi connectivity index (χ1n) is 8.44. The molecular formula is C21H22N2O. The maximum absolute atomic E-state index is 12.5. The zero-order valence-corrected chi connectivity index (χ0v) is 14.2. The number of benzene rings is 2. The van der Waals surface area contributed by atoms with E-state index in [-0.39, 0.29) is 5.91 Å². The number of fused-ring (bicyclic) bond motifs is 1. The second kappa shape index (κ2) is 7.26. The van der Waals surface area contributed by atoms with Gasteiger partial charge < -0.3 is 5.32 Å². The maximum atomic E-state index is 12.5. The number of nitrogens with one attached hydrogen (secondary N) is 1. The normalized spacial score (nSPS) is 10.8. The van der Waals surface area contributed by atoms with Gasteiger partial charge >= 0.3 is 0 Å². The van der Waals surface area contributed by atoms with Gasteiger partial charge in [0.05, 0.1) is 11.2 Å². The minimum absolute atomic E-state index is 0.104. The van der Waals surface area contributed by atoms with E-state index in [2.05, 4.69) is 17.2 Å². The summed E-state index contributed by atoms with van der Waals surface area (Å²) >= 11 is 0. The molecule has 1 heterocycles. The lowest BCUT2D eigenvalue weighted by atomic mass is 10.1. The summed E-state index contributed by atoms with van der Waals surface area (Å²) in [7, 11) is 0. The van der Waals surface area contributed by atoms with Gasteiger partial charge in [-0.25, -0.2) is 0 Å². The molecule has 3 heteroatoms. The summed E-state index contributed by atoms with van der Waals surface area (Å²) in [6.07, 6.45) is 3.41. The van der Waals surface area contributed by atoms with Crippen molar-refractivity contribution in [1.29, 1.82) is 0 Å².